The average molecular weight is 289 g/mol. The molecule has 2 N–H and O–H groups in total. The lowest BCUT2D eigenvalue weighted by atomic mass is 10.2. The molecule has 2 aromatic rings. The van der Waals surface area contributed by atoms with Crippen molar-refractivity contribution in [3.05, 3.63) is 40.8 Å². The second-order valence-electron chi connectivity index (χ2n) is 4.86. The molecule has 1 aromatic carbocycles. The molecule has 0 bridgehead atoms. The second-order valence-corrected chi connectivity index (χ2v) is 5.78. The number of para-hydroxylation sites is 2. The largest absolute Gasteiger partial charge is 0.485 e. The zero-order valence-corrected chi connectivity index (χ0v) is 12.3. The third-order valence-electron chi connectivity index (χ3n) is 3.45. The number of nitrogens with zero attached hydrogens (tertiary/aromatic N) is 1. The van der Waals surface area contributed by atoms with E-state index in [1.165, 1.54) is 0 Å². The molecule has 5 heteroatoms. The minimum Gasteiger partial charge on any atom is -0.485 e. The highest BCUT2D eigenvalue weighted by molar-refractivity contribution is 7.09. The van der Waals surface area contributed by atoms with Gasteiger partial charge in [-0.15, -0.1) is 11.3 Å². The molecule has 0 saturated heterocycles. The highest BCUT2D eigenvalue weighted by atomic mass is 32.1. The number of fused-ring (bicyclic) bond motifs is 1. The lowest BCUT2D eigenvalue weighted by Crippen LogP contribution is -2.40. The van der Waals surface area contributed by atoms with Gasteiger partial charge in [0.1, 0.15) is 16.9 Å². The first-order valence-electron chi connectivity index (χ1n) is 6.99. The van der Waals surface area contributed by atoms with Gasteiger partial charge in [-0.1, -0.05) is 19.1 Å². The summed E-state index contributed by atoms with van der Waals surface area (Å²) in [5, 5.41) is 10.1. The van der Waals surface area contributed by atoms with Crippen LogP contribution in [0.25, 0.3) is 0 Å². The van der Waals surface area contributed by atoms with Crippen LogP contribution in [-0.2, 0) is 0 Å². The van der Waals surface area contributed by atoms with Crippen molar-refractivity contribution in [3.8, 4) is 5.75 Å². The van der Waals surface area contributed by atoms with Crippen molar-refractivity contribution in [2.75, 3.05) is 18.4 Å². The minimum absolute atomic E-state index is 0.152. The van der Waals surface area contributed by atoms with Gasteiger partial charge in [-0.25, -0.2) is 4.98 Å². The number of hydrogen-bond donors (Lipinski definition) is 2. The molecule has 3 rings (SSSR count). The van der Waals surface area contributed by atoms with Crippen molar-refractivity contribution in [3.63, 3.8) is 0 Å². The van der Waals surface area contributed by atoms with E-state index in [0.717, 1.165) is 36.0 Å². The minimum atomic E-state index is 0.152. The standard InChI is InChI=1S/C15H19N3OS/c1-2-12(15-16-7-8-20-15)17-9-11-10-18-13-5-3-4-6-14(13)19-11/h3-8,11-12,17-18H,2,9-10H2,1H3. The first-order chi connectivity index (χ1) is 9.86. The van der Waals surface area contributed by atoms with Gasteiger partial charge in [-0.2, -0.15) is 0 Å². The summed E-state index contributed by atoms with van der Waals surface area (Å²) in [6.07, 6.45) is 3.04. The molecule has 1 aliphatic rings. The van der Waals surface area contributed by atoms with Gasteiger partial charge in [0.05, 0.1) is 18.3 Å². The number of hydrogen-bond acceptors (Lipinski definition) is 5. The van der Waals surface area contributed by atoms with E-state index in [1.54, 1.807) is 11.3 Å². The maximum Gasteiger partial charge on any atom is 0.142 e. The zero-order valence-electron chi connectivity index (χ0n) is 11.5. The lowest BCUT2D eigenvalue weighted by molar-refractivity contribution is 0.196. The first-order valence-corrected chi connectivity index (χ1v) is 7.87. The predicted molar refractivity (Wildman–Crippen MR) is 82.5 cm³/mol. The molecule has 2 heterocycles. The summed E-state index contributed by atoms with van der Waals surface area (Å²) in [5.74, 6) is 0.938. The summed E-state index contributed by atoms with van der Waals surface area (Å²) in [5.41, 5.74) is 1.08. The topological polar surface area (TPSA) is 46.2 Å². The van der Waals surface area contributed by atoms with Gasteiger partial charge >= 0.3 is 0 Å². The van der Waals surface area contributed by atoms with E-state index in [0.29, 0.717) is 6.04 Å². The monoisotopic (exact) mass is 289 g/mol. The second kappa shape index (κ2) is 6.24. The Labute approximate surface area is 123 Å². The van der Waals surface area contributed by atoms with Crippen molar-refractivity contribution in [2.45, 2.75) is 25.5 Å². The summed E-state index contributed by atoms with van der Waals surface area (Å²) in [6, 6.07) is 8.39. The van der Waals surface area contributed by atoms with Crippen molar-refractivity contribution in [2.24, 2.45) is 0 Å². The molecular weight excluding hydrogens is 270 g/mol. The summed E-state index contributed by atoms with van der Waals surface area (Å²) >= 11 is 1.70. The number of aromatic nitrogens is 1. The van der Waals surface area contributed by atoms with Gasteiger partial charge in [0.2, 0.25) is 0 Å². The van der Waals surface area contributed by atoms with Gasteiger partial charge < -0.3 is 15.4 Å². The van der Waals surface area contributed by atoms with Crippen LogP contribution in [0.15, 0.2) is 35.8 Å². The van der Waals surface area contributed by atoms with E-state index >= 15 is 0 Å². The van der Waals surface area contributed by atoms with Crippen LogP contribution in [0.1, 0.15) is 24.4 Å². The number of thiazole rings is 1. The molecule has 106 valence electrons. The van der Waals surface area contributed by atoms with Gasteiger partial charge in [-0.3, -0.25) is 0 Å². The van der Waals surface area contributed by atoms with Crippen molar-refractivity contribution in [1.82, 2.24) is 10.3 Å². The molecule has 4 nitrogen and oxygen atoms in total. The Morgan fingerprint density at radius 3 is 3.20 bits per heavy atom. The maximum atomic E-state index is 6.00. The van der Waals surface area contributed by atoms with Crippen LogP contribution >= 0.6 is 11.3 Å². The summed E-state index contributed by atoms with van der Waals surface area (Å²) in [7, 11) is 0. The fraction of sp³-hybridized carbons (Fsp3) is 0.400. The molecule has 0 spiro atoms. The first kappa shape index (κ1) is 13.4. The molecule has 0 fully saturated rings. The van der Waals surface area contributed by atoms with Crippen LogP contribution in [0.2, 0.25) is 0 Å². The van der Waals surface area contributed by atoms with Gasteiger partial charge in [0.15, 0.2) is 0 Å². The van der Waals surface area contributed by atoms with E-state index in [2.05, 4.69) is 22.5 Å². The molecule has 0 amide bonds. The maximum absolute atomic E-state index is 6.00. The van der Waals surface area contributed by atoms with E-state index in [9.17, 15) is 0 Å². The Balaban J connectivity index is 1.57. The van der Waals surface area contributed by atoms with E-state index in [-0.39, 0.29) is 6.10 Å². The molecule has 2 atom stereocenters. The van der Waals surface area contributed by atoms with Crippen LogP contribution in [0.4, 0.5) is 5.69 Å². The molecule has 2 unspecified atom stereocenters. The van der Waals surface area contributed by atoms with Crippen LogP contribution in [-0.4, -0.2) is 24.2 Å². The fourth-order valence-electron chi connectivity index (χ4n) is 2.36. The normalized spacial score (nSPS) is 18.8. The van der Waals surface area contributed by atoms with Crippen LogP contribution in [0.5, 0.6) is 5.75 Å². The number of nitrogens with one attached hydrogen (secondary N) is 2. The lowest BCUT2D eigenvalue weighted by Gasteiger charge is -2.28. The Morgan fingerprint density at radius 1 is 1.50 bits per heavy atom. The summed E-state index contributed by atoms with van der Waals surface area (Å²) in [4.78, 5) is 4.39. The molecule has 0 aliphatic carbocycles. The Kier molecular flexibility index (Phi) is 4.18. The highest BCUT2D eigenvalue weighted by Gasteiger charge is 2.20. The number of benzene rings is 1. The third kappa shape index (κ3) is 2.94. The fourth-order valence-corrected chi connectivity index (χ4v) is 3.16. The number of ether oxygens (including phenoxy) is 1. The van der Waals surface area contributed by atoms with E-state index in [4.69, 9.17) is 4.74 Å². The molecular formula is C15H19N3OS. The average Bonchev–Trinajstić information content (AvgIpc) is 3.02. The smallest absolute Gasteiger partial charge is 0.142 e. The number of rotatable bonds is 5. The molecule has 20 heavy (non-hydrogen) atoms. The Morgan fingerprint density at radius 2 is 2.40 bits per heavy atom. The summed E-state index contributed by atoms with van der Waals surface area (Å²) < 4.78 is 6.00. The van der Waals surface area contributed by atoms with E-state index in [1.807, 2.05) is 35.8 Å². The van der Waals surface area contributed by atoms with Crippen LogP contribution in [0.3, 0.4) is 0 Å². The zero-order chi connectivity index (χ0) is 13.8. The van der Waals surface area contributed by atoms with Crippen molar-refractivity contribution < 1.29 is 4.74 Å². The molecule has 1 aliphatic heterocycles. The molecule has 0 saturated carbocycles. The highest BCUT2D eigenvalue weighted by Crippen LogP contribution is 2.28. The summed E-state index contributed by atoms with van der Waals surface area (Å²) in [6.45, 7) is 3.83. The van der Waals surface area contributed by atoms with Crippen molar-refractivity contribution >= 4 is 17.0 Å². The van der Waals surface area contributed by atoms with E-state index < -0.39 is 0 Å². The third-order valence-corrected chi connectivity index (χ3v) is 4.34. The molecule has 1 aromatic heterocycles. The Hall–Kier alpha value is -1.59. The van der Waals surface area contributed by atoms with Gasteiger partial charge in [0.25, 0.3) is 0 Å². The van der Waals surface area contributed by atoms with Gasteiger partial charge in [0, 0.05) is 18.1 Å². The quantitative estimate of drug-likeness (QED) is 0.888. The predicted octanol–water partition coefficient (Wildman–Crippen LogP) is 3.06. The number of anilines is 1. The molecule has 0 radical (unpaired) electrons. The van der Waals surface area contributed by atoms with Crippen LogP contribution in [0, 0.1) is 0 Å². The van der Waals surface area contributed by atoms with Crippen LogP contribution < -0.4 is 15.4 Å². The Bertz CT molecular complexity index is 544. The van der Waals surface area contributed by atoms with Gasteiger partial charge in [-0.05, 0) is 18.6 Å². The van der Waals surface area contributed by atoms with Crippen molar-refractivity contribution in [1.29, 1.82) is 0 Å². The SMILES string of the molecule is CCC(NCC1CNc2ccccc2O1)c1nccs1.